The summed E-state index contributed by atoms with van der Waals surface area (Å²) in [6, 6.07) is 9.80. The lowest BCUT2D eigenvalue weighted by Gasteiger charge is -2.32. The molecule has 2 N–H and O–H groups in total. The van der Waals surface area contributed by atoms with Crippen LogP contribution in [-0.4, -0.2) is 19.0 Å². The predicted octanol–water partition coefficient (Wildman–Crippen LogP) is 1.62. The Balaban J connectivity index is 1.78. The fraction of sp³-hybridized carbons (Fsp3) is 0.500. The molecule has 0 aromatic heterocycles. The van der Waals surface area contributed by atoms with Gasteiger partial charge in [0, 0.05) is 0 Å². The Morgan fingerprint density at radius 2 is 2.00 bits per heavy atom. The Kier molecular flexibility index (Phi) is 4.33. The Morgan fingerprint density at radius 3 is 2.67 bits per heavy atom. The number of hydrogen-bond acceptors (Lipinski definition) is 3. The molecule has 98 valence electrons. The van der Waals surface area contributed by atoms with Gasteiger partial charge in [-0.2, -0.15) is 0 Å². The second-order valence-corrected chi connectivity index (χ2v) is 5.02. The summed E-state index contributed by atoms with van der Waals surface area (Å²) in [5.41, 5.74) is 3.32. The normalized spacial score (nSPS) is 18.3. The number of nitrogens with one attached hydrogen (secondary N) is 2. The Hall–Kier alpha value is -1.39. The molecule has 1 saturated heterocycles. The van der Waals surface area contributed by atoms with Crippen molar-refractivity contribution in [3.63, 3.8) is 0 Å². The van der Waals surface area contributed by atoms with Crippen molar-refractivity contribution < 1.29 is 9.63 Å². The third-order valence-electron chi connectivity index (χ3n) is 3.50. The van der Waals surface area contributed by atoms with Crippen molar-refractivity contribution in [1.29, 1.82) is 0 Å². The summed E-state index contributed by atoms with van der Waals surface area (Å²) in [6.07, 6.45) is 1.71. The number of hydroxylamine groups is 1. The van der Waals surface area contributed by atoms with Gasteiger partial charge in [-0.1, -0.05) is 37.3 Å². The van der Waals surface area contributed by atoms with Gasteiger partial charge in [0.1, 0.15) is 0 Å². The molecule has 1 amide bonds. The molecule has 1 aliphatic heterocycles. The summed E-state index contributed by atoms with van der Waals surface area (Å²) >= 11 is 0. The third-order valence-corrected chi connectivity index (χ3v) is 3.50. The zero-order chi connectivity index (χ0) is 12.8. The second kappa shape index (κ2) is 5.98. The lowest BCUT2D eigenvalue weighted by atomic mass is 9.80. The topological polar surface area (TPSA) is 50.4 Å². The molecule has 0 atom stereocenters. The molecule has 0 aliphatic carbocycles. The molecule has 0 spiro atoms. The number of piperidine rings is 1. The van der Waals surface area contributed by atoms with Gasteiger partial charge in [0.05, 0.1) is 12.0 Å². The molecular formula is C14H20N2O2. The smallest absolute Gasteiger partial charge is 0.249 e. The van der Waals surface area contributed by atoms with Crippen molar-refractivity contribution in [2.75, 3.05) is 13.1 Å². The van der Waals surface area contributed by atoms with E-state index in [1.807, 2.05) is 37.3 Å². The van der Waals surface area contributed by atoms with Crippen LogP contribution < -0.4 is 10.8 Å². The Morgan fingerprint density at radius 1 is 1.33 bits per heavy atom. The van der Waals surface area contributed by atoms with Gasteiger partial charge in [-0.25, -0.2) is 5.48 Å². The van der Waals surface area contributed by atoms with Gasteiger partial charge in [0.25, 0.3) is 0 Å². The molecule has 1 aromatic rings. The summed E-state index contributed by atoms with van der Waals surface area (Å²) in [5.74, 6) is -0.0140. The van der Waals surface area contributed by atoms with E-state index in [-0.39, 0.29) is 11.3 Å². The molecule has 1 heterocycles. The highest BCUT2D eigenvalue weighted by Crippen LogP contribution is 2.27. The van der Waals surface area contributed by atoms with Gasteiger partial charge in [0.2, 0.25) is 5.91 Å². The second-order valence-electron chi connectivity index (χ2n) is 5.02. The number of amides is 1. The molecule has 2 rings (SSSR count). The van der Waals surface area contributed by atoms with Crippen LogP contribution in [0, 0.1) is 5.41 Å². The summed E-state index contributed by atoms with van der Waals surface area (Å²) < 4.78 is 0. The largest absolute Gasteiger partial charge is 0.317 e. The molecule has 4 nitrogen and oxygen atoms in total. The molecule has 1 aliphatic rings. The van der Waals surface area contributed by atoms with Gasteiger partial charge in [-0.15, -0.1) is 0 Å². The van der Waals surface area contributed by atoms with Crippen molar-refractivity contribution in [1.82, 2.24) is 10.8 Å². The summed E-state index contributed by atoms with van der Waals surface area (Å²) in [6.45, 7) is 4.18. The van der Waals surface area contributed by atoms with Gasteiger partial charge in [-0.3, -0.25) is 9.63 Å². The van der Waals surface area contributed by atoms with Crippen LogP contribution in [0.2, 0.25) is 0 Å². The minimum absolute atomic E-state index is 0.0140. The highest BCUT2D eigenvalue weighted by atomic mass is 16.6. The maximum absolute atomic E-state index is 12.0. The van der Waals surface area contributed by atoms with E-state index in [9.17, 15) is 4.79 Å². The molecule has 1 fully saturated rings. The van der Waals surface area contributed by atoms with Gasteiger partial charge in [-0.05, 0) is 31.5 Å². The molecule has 1 aromatic carbocycles. The van der Waals surface area contributed by atoms with Crippen LogP contribution in [0.3, 0.4) is 0 Å². The van der Waals surface area contributed by atoms with E-state index in [4.69, 9.17) is 4.84 Å². The van der Waals surface area contributed by atoms with Crippen molar-refractivity contribution in [2.24, 2.45) is 5.41 Å². The van der Waals surface area contributed by atoms with E-state index in [2.05, 4.69) is 10.8 Å². The third kappa shape index (κ3) is 3.31. The van der Waals surface area contributed by atoms with Crippen LogP contribution in [0.1, 0.15) is 25.3 Å². The first-order valence-corrected chi connectivity index (χ1v) is 6.38. The van der Waals surface area contributed by atoms with Gasteiger partial charge < -0.3 is 5.32 Å². The van der Waals surface area contributed by atoms with Crippen molar-refractivity contribution >= 4 is 5.91 Å². The molecule has 0 radical (unpaired) electrons. The van der Waals surface area contributed by atoms with Crippen LogP contribution >= 0.6 is 0 Å². The number of carbonyl (C=O) groups is 1. The van der Waals surface area contributed by atoms with E-state index in [1.54, 1.807) is 0 Å². The van der Waals surface area contributed by atoms with Crippen molar-refractivity contribution in [3.8, 4) is 0 Å². The van der Waals surface area contributed by atoms with E-state index in [0.29, 0.717) is 6.61 Å². The highest BCUT2D eigenvalue weighted by Gasteiger charge is 2.34. The highest BCUT2D eigenvalue weighted by molar-refractivity contribution is 5.81. The fourth-order valence-electron chi connectivity index (χ4n) is 2.09. The van der Waals surface area contributed by atoms with E-state index in [0.717, 1.165) is 31.5 Å². The lowest BCUT2D eigenvalue weighted by Crippen LogP contribution is -2.45. The SMILES string of the molecule is CC1(C(=O)NOCc2ccccc2)CCNCC1. The summed E-state index contributed by atoms with van der Waals surface area (Å²) in [7, 11) is 0. The predicted molar refractivity (Wildman–Crippen MR) is 69.6 cm³/mol. The average Bonchev–Trinajstić information content (AvgIpc) is 2.41. The fourth-order valence-corrected chi connectivity index (χ4v) is 2.09. The Labute approximate surface area is 108 Å². The molecule has 18 heavy (non-hydrogen) atoms. The first-order valence-electron chi connectivity index (χ1n) is 6.38. The summed E-state index contributed by atoms with van der Waals surface area (Å²) in [5, 5.41) is 3.26. The van der Waals surface area contributed by atoms with Gasteiger partial charge >= 0.3 is 0 Å². The maximum Gasteiger partial charge on any atom is 0.249 e. The Bertz CT molecular complexity index is 386. The molecule has 0 bridgehead atoms. The van der Waals surface area contributed by atoms with E-state index >= 15 is 0 Å². The van der Waals surface area contributed by atoms with E-state index in [1.165, 1.54) is 0 Å². The van der Waals surface area contributed by atoms with Crippen molar-refractivity contribution in [3.05, 3.63) is 35.9 Å². The maximum atomic E-state index is 12.0. The van der Waals surface area contributed by atoms with Crippen LogP contribution in [0.15, 0.2) is 30.3 Å². The number of carbonyl (C=O) groups excluding carboxylic acids is 1. The monoisotopic (exact) mass is 248 g/mol. The number of rotatable bonds is 4. The van der Waals surface area contributed by atoms with Crippen LogP contribution in [0.25, 0.3) is 0 Å². The lowest BCUT2D eigenvalue weighted by molar-refractivity contribution is -0.145. The quantitative estimate of drug-likeness (QED) is 0.796. The van der Waals surface area contributed by atoms with Crippen LogP contribution in [0.5, 0.6) is 0 Å². The van der Waals surface area contributed by atoms with Crippen LogP contribution in [-0.2, 0) is 16.2 Å². The zero-order valence-electron chi connectivity index (χ0n) is 10.7. The molecule has 0 saturated carbocycles. The minimum Gasteiger partial charge on any atom is -0.317 e. The number of benzene rings is 1. The molecular weight excluding hydrogens is 228 g/mol. The number of hydrogen-bond donors (Lipinski definition) is 2. The van der Waals surface area contributed by atoms with E-state index < -0.39 is 0 Å². The summed E-state index contributed by atoms with van der Waals surface area (Å²) in [4.78, 5) is 17.3. The van der Waals surface area contributed by atoms with Gasteiger partial charge in [0.15, 0.2) is 0 Å². The minimum atomic E-state index is -0.304. The molecule has 0 unspecified atom stereocenters. The standard InChI is InChI=1S/C14H20N2O2/c1-14(7-9-15-10-8-14)13(17)16-18-11-12-5-3-2-4-6-12/h2-6,15H,7-11H2,1H3,(H,16,17). The molecule has 4 heteroatoms. The first kappa shape index (κ1) is 13.1. The first-order chi connectivity index (χ1) is 8.71. The van der Waals surface area contributed by atoms with Crippen molar-refractivity contribution in [2.45, 2.75) is 26.4 Å². The average molecular weight is 248 g/mol. The zero-order valence-corrected chi connectivity index (χ0v) is 10.7. The van der Waals surface area contributed by atoms with Crippen LogP contribution in [0.4, 0.5) is 0 Å².